The van der Waals surface area contributed by atoms with Crippen molar-refractivity contribution < 1.29 is 4.74 Å². The number of aryl methyl sites for hydroxylation is 1. The summed E-state index contributed by atoms with van der Waals surface area (Å²) < 4.78 is 9.20. The molecular weight excluding hydrogens is 270 g/mol. The molecule has 0 aliphatic rings. The maximum absolute atomic E-state index is 5.75. The summed E-state index contributed by atoms with van der Waals surface area (Å²) in [6.45, 7) is 1.62. The fraction of sp³-hybridized carbons (Fsp3) is 0.538. The second-order valence-corrected chi connectivity index (χ2v) is 5.19. The molecule has 8 nitrogen and oxygen atoms in total. The number of nitrogens with one attached hydrogen (secondary N) is 1. The number of nitrogens with two attached hydrogens (primary N) is 1. The molecule has 116 valence electrons. The van der Waals surface area contributed by atoms with Gasteiger partial charge in [0.05, 0.1) is 31.9 Å². The quantitative estimate of drug-likeness (QED) is 0.540. The summed E-state index contributed by atoms with van der Waals surface area (Å²) in [4.78, 5) is 6.47. The Kier molecular flexibility index (Phi) is 4.94. The first kappa shape index (κ1) is 15.5. The lowest BCUT2D eigenvalue weighted by atomic mass is 10.1. The van der Waals surface area contributed by atoms with E-state index in [0.717, 1.165) is 24.5 Å². The Morgan fingerprint density at radius 3 is 2.76 bits per heavy atom. The Balaban J connectivity index is 2.36. The summed E-state index contributed by atoms with van der Waals surface area (Å²) in [5, 5.41) is 4.39. The normalized spacial score (nSPS) is 12.9. The highest BCUT2D eigenvalue weighted by Crippen LogP contribution is 2.28. The van der Waals surface area contributed by atoms with Crippen molar-refractivity contribution in [2.24, 2.45) is 12.9 Å². The van der Waals surface area contributed by atoms with E-state index in [9.17, 15) is 0 Å². The van der Waals surface area contributed by atoms with E-state index in [1.165, 1.54) is 0 Å². The molecule has 0 fully saturated rings. The Morgan fingerprint density at radius 2 is 2.24 bits per heavy atom. The van der Waals surface area contributed by atoms with Crippen LogP contribution in [0.15, 0.2) is 18.7 Å². The van der Waals surface area contributed by atoms with Crippen molar-refractivity contribution in [2.75, 3.05) is 27.7 Å². The average Bonchev–Trinajstić information content (AvgIpc) is 3.05. The molecule has 0 amide bonds. The molecule has 0 saturated carbocycles. The number of hydrogen-bond acceptors (Lipinski definition) is 6. The van der Waals surface area contributed by atoms with Crippen LogP contribution >= 0.6 is 0 Å². The van der Waals surface area contributed by atoms with Crippen molar-refractivity contribution >= 4 is 0 Å². The van der Waals surface area contributed by atoms with Crippen LogP contribution in [-0.4, -0.2) is 52.0 Å². The largest absolute Gasteiger partial charge is 0.493 e. The zero-order chi connectivity index (χ0) is 15.4. The number of likely N-dealkylation sites (N-methyl/N-ethyl adjacent to an activating group) is 1. The lowest BCUT2D eigenvalue weighted by molar-refractivity contribution is 0.359. The second-order valence-electron chi connectivity index (χ2n) is 5.19. The van der Waals surface area contributed by atoms with Gasteiger partial charge in [-0.3, -0.25) is 10.5 Å². The van der Waals surface area contributed by atoms with Gasteiger partial charge in [0.1, 0.15) is 11.7 Å². The third kappa shape index (κ3) is 3.41. The van der Waals surface area contributed by atoms with E-state index >= 15 is 0 Å². The van der Waals surface area contributed by atoms with E-state index in [1.54, 1.807) is 19.6 Å². The van der Waals surface area contributed by atoms with Gasteiger partial charge < -0.3 is 14.2 Å². The maximum atomic E-state index is 5.75. The Morgan fingerprint density at radius 1 is 1.48 bits per heavy atom. The number of imidazole rings is 1. The minimum absolute atomic E-state index is 0.272. The van der Waals surface area contributed by atoms with Crippen molar-refractivity contribution in [3.05, 3.63) is 30.1 Å². The highest BCUT2D eigenvalue weighted by Gasteiger charge is 2.24. The number of aromatic nitrogens is 4. The van der Waals surface area contributed by atoms with Crippen LogP contribution in [0.4, 0.5) is 0 Å². The smallest absolute Gasteiger partial charge is 0.162 e. The first-order valence-corrected chi connectivity index (χ1v) is 6.75. The molecule has 0 radical (unpaired) electrons. The predicted octanol–water partition coefficient (Wildman–Crippen LogP) is -0.260. The van der Waals surface area contributed by atoms with Gasteiger partial charge in [-0.2, -0.15) is 5.10 Å². The molecule has 8 heteroatoms. The van der Waals surface area contributed by atoms with Gasteiger partial charge in [-0.25, -0.2) is 10.4 Å². The van der Waals surface area contributed by atoms with Crippen LogP contribution < -0.4 is 16.0 Å². The third-order valence-electron chi connectivity index (χ3n) is 3.28. The van der Waals surface area contributed by atoms with Crippen molar-refractivity contribution in [1.82, 2.24) is 29.7 Å². The average molecular weight is 293 g/mol. The summed E-state index contributed by atoms with van der Waals surface area (Å²) in [5.74, 6) is 6.44. The number of methoxy groups -OCH3 is 1. The Bertz CT molecular complexity index is 575. The van der Waals surface area contributed by atoms with Crippen molar-refractivity contribution in [1.29, 1.82) is 0 Å². The van der Waals surface area contributed by atoms with E-state index in [4.69, 9.17) is 10.6 Å². The first-order valence-electron chi connectivity index (χ1n) is 6.75. The lowest BCUT2D eigenvalue weighted by Gasteiger charge is -2.18. The molecule has 1 unspecified atom stereocenters. The molecule has 3 N–H and O–H groups in total. The highest BCUT2D eigenvalue weighted by molar-refractivity contribution is 5.33. The van der Waals surface area contributed by atoms with Gasteiger partial charge >= 0.3 is 0 Å². The standard InChI is InChI=1S/C13H23N7O/c1-18(2)5-6-20-13(11(21-4)7-16-20)12(17-14)10-8-19(3)9-15-10/h7-9,12,17H,5-6,14H2,1-4H3. The SMILES string of the molecule is COc1cnn(CCN(C)C)c1C(NN)c1cn(C)cn1. The summed E-state index contributed by atoms with van der Waals surface area (Å²) >= 11 is 0. The molecule has 0 bridgehead atoms. The number of nitrogens with zero attached hydrogens (tertiary/aromatic N) is 5. The van der Waals surface area contributed by atoms with Crippen molar-refractivity contribution in [3.63, 3.8) is 0 Å². The van der Waals surface area contributed by atoms with Crippen LogP contribution in [0.3, 0.4) is 0 Å². The molecular formula is C13H23N7O. The summed E-state index contributed by atoms with van der Waals surface area (Å²) in [7, 11) is 7.60. The lowest BCUT2D eigenvalue weighted by Crippen LogP contribution is -2.32. The minimum atomic E-state index is -0.272. The maximum Gasteiger partial charge on any atom is 0.162 e. The summed E-state index contributed by atoms with van der Waals surface area (Å²) in [5.41, 5.74) is 4.51. The molecule has 0 aliphatic heterocycles. The molecule has 2 aromatic heterocycles. The fourth-order valence-electron chi connectivity index (χ4n) is 2.19. The van der Waals surface area contributed by atoms with Crippen LogP contribution in [0.25, 0.3) is 0 Å². The summed E-state index contributed by atoms with van der Waals surface area (Å²) in [6.07, 6.45) is 5.37. The molecule has 0 aromatic carbocycles. The first-order chi connectivity index (χ1) is 10.1. The van der Waals surface area contributed by atoms with Gasteiger partial charge in [-0.1, -0.05) is 0 Å². The zero-order valence-electron chi connectivity index (χ0n) is 12.9. The minimum Gasteiger partial charge on any atom is -0.493 e. The molecule has 1 atom stereocenters. The molecule has 2 aromatic rings. The number of hydrazine groups is 1. The van der Waals surface area contributed by atoms with Gasteiger partial charge in [-0.05, 0) is 14.1 Å². The Labute approximate surface area is 124 Å². The van der Waals surface area contributed by atoms with E-state index in [2.05, 4.69) is 20.4 Å². The van der Waals surface area contributed by atoms with Crippen molar-refractivity contribution in [3.8, 4) is 5.75 Å². The fourth-order valence-corrected chi connectivity index (χ4v) is 2.19. The molecule has 0 aliphatic carbocycles. The molecule has 21 heavy (non-hydrogen) atoms. The second kappa shape index (κ2) is 6.70. The van der Waals surface area contributed by atoms with E-state index in [0.29, 0.717) is 5.75 Å². The van der Waals surface area contributed by atoms with Gasteiger partial charge in [-0.15, -0.1) is 0 Å². The van der Waals surface area contributed by atoms with Crippen LogP contribution in [0.5, 0.6) is 5.75 Å². The van der Waals surface area contributed by atoms with Crippen molar-refractivity contribution in [2.45, 2.75) is 12.6 Å². The summed E-state index contributed by atoms with van der Waals surface area (Å²) in [6, 6.07) is -0.272. The van der Waals surface area contributed by atoms with Crippen LogP contribution in [0, 0.1) is 0 Å². The van der Waals surface area contributed by atoms with Gasteiger partial charge in [0.2, 0.25) is 0 Å². The van der Waals surface area contributed by atoms with E-state index in [1.807, 2.05) is 36.6 Å². The van der Waals surface area contributed by atoms with Gasteiger partial charge in [0.25, 0.3) is 0 Å². The molecule has 0 saturated heterocycles. The van der Waals surface area contributed by atoms with Crippen LogP contribution in [0.1, 0.15) is 17.4 Å². The van der Waals surface area contributed by atoms with Gasteiger partial charge in [0.15, 0.2) is 5.75 Å². The van der Waals surface area contributed by atoms with E-state index in [-0.39, 0.29) is 6.04 Å². The zero-order valence-corrected chi connectivity index (χ0v) is 12.9. The van der Waals surface area contributed by atoms with Crippen LogP contribution in [-0.2, 0) is 13.6 Å². The third-order valence-corrected chi connectivity index (χ3v) is 3.28. The molecule has 2 heterocycles. The van der Waals surface area contributed by atoms with E-state index < -0.39 is 0 Å². The number of hydrogen-bond donors (Lipinski definition) is 2. The Hall–Kier alpha value is -1.90. The predicted molar refractivity (Wildman–Crippen MR) is 79.7 cm³/mol. The number of rotatable bonds is 7. The molecule has 0 spiro atoms. The monoisotopic (exact) mass is 293 g/mol. The topological polar surface area (TPSA) is 86.2 Å². The molecule has 2 rings (SSSR count). The highest BCUT2D eigenvalue weighted by atomic mass is 16.5. The van der Waals surface area contributed by atoms with Crippen LogP contribution in [0.2, 0.25) is 0 Å². The number of ether oxygens (including phenoxy) is 1. The van der Waals surface area contributed by atoms with Gasteiger partial charge in [0, 0.05) is 19.8 Å².